The van der Waals surface area contributed by atoms with Crippen LogP contribution in [-0.2, 0) is 23.5 Å². The van der Waals surface area contributed by atoms with Crippen molar-refractivity contribution in [3.05, 3.63) is 72.8 Å². The molecule has 0 radical (unpaired) electrons. The average Bonchev–Trinajstić information content (AvgIpc) is 3.23. The van der Waals surface area contributed by atoms with Crippen LogP contribution in [0, 0.1) is 46.9 Å². The molecule has 2 saturated carbocycles. The molecule has 4 rings (SSSR count). The van der Waals surface area contributed by atoms with E-state index in [-0.39, 0.29) is 68.6 Å². The molecule has 20 heteroatoms. The Morgan fingerprint density at radius 3 is 1.46 bits per heavy atom. The summed E-state index contributed by atoms with van der Waals surface area (Å²) >= 11 is 2.50. The van der Waals surface area contributed by atoms with Crippen molar-refractivity contribution in [1.29, 1.82) is 0 Å². The molecule has 0 saturated heterocycles. The monoisotopic (exact) mass is 956 g/mol. The van der Waals surface area contributed by atoms with Gasteiger partial charge in [-0.25, -0.2) is 4.67 Å². The maximum atomic E-state index is 14.0. The average molecular weight is 957 g/mol. The molecule has 11 nitrogen and oxygen atoms in total. The zero-order valence-corrected chi connectivity index (χ0v) is 46.5. The van der Waals surface area contributed by atoms with Crippen LogP contribution in [0.15, 0.2) is 49.6 Å². The van der Waals surface area contributed by atoms with Gasteiger partial charge in [-0.2, -0.15) is 26.0 Å². The van der Waals surface area contributed by atoms with E-state index in [0.717, 1.165) is 89.4 Å². The third-order valence-electron chi connectivity index (χ3n) is 9.05. The Balaban J connectivity index is 0. The summed E-state index contributed by atoms with van der Waals surface area (Å²) in [6.07, 6.45) is 17.1. The van der Waals surface area contributed by atoms with Crippen LogP contribution in [0.25, 0.3) is 0 Å². The molecular formula is C39H56F4K3O11PS. The fourth-order valence-electron chi connectivity index (χ4n) is 5.63. The van der Waals surface area contributed by atoms with Gasteiger partial charge in [-0.05, 0) is 117 Å². The van der Waals surface area contributed by atoms with Gasteiger partial charge in [0.1, 0.15) is 0 Å². The van der Waals surface area contributed by atoms with Gasteiger partial charge in [0.2, 0.25) is 23.3 Å². The van der Waals surface area contributed by atoms with Gasteiger partial charge in [-0.1, -0.05) is 38.8 Å². The molecule has 0 heterocycles. The fourth-order valence-corrected chi connectivity index (χ4v) is 6.07. The van der Waals surface area contributed by atoms with Crippen molar-refractivity contribution in [3.8, 4) is 23.0 Å². The molecule has 1 atom stereocenters. The number of rotatable bonds is 17. The first-order chi connectivity index (χ1) is 27.6. The van der Waals surface area contributed by atoms with Gasteiger partial charge in [0.15, 0.2) is 23.0 Å². The Morgan fingerprint density at radius 1 is 0.746 bits per heavy atom. The SMILES string of the molecule is C=CC1CCC(COS(C)(=O)=O)CC1.C=CC1CCC(COc2ccc(OCCCC)c(F)c2F)CC1.CCCCOc1ccc(O)c(F)c1F.O=[P+]([O-])O[O-].[K+].[K][K]. The number of benzene rings is 2. The van der Waals surface area contributed by atoms with Gasteiger partial charge in [-0.15, -0.1) is 13.2 Å². The molecule has 2 aliphatic carbocycles. The van der Waals surface area contributed by atoms with Gasteiger partial charge in [-0.3, -0.25) is 4.18 Å². The molecule has 0 amide bonds. The molecule has 0 aliphatic heterocycles. The van der Waals surface area contributed by atoms with Crippen molar-refractivity contribution >= 4 is 81.5 Å². The van der Waals surface area contributed by atoms with E-state index in [9.17, 15) is 26.0 Å². The van der Waals surface area contributed by atoms with Crippen LogP contribution in [0.4, 0.5) is 17.6 Å². The molecule has 2 aromatic rings. The second-order valence-corrected chi connectivity index (χ2v) is 15.7. The Labute approximate surface area is 436 Å². The van der Waals surface area contributed by atoms with E-state index in [2.05, 4.69) is 17.8 Å². The fraction of sp³-hybridized carbons (Fsp3) is 0.590. The van der Waals surface area contributed by atoms with Crippen LogP contribution >= 0.6 is 8.25 Å². The molecular weight excluding hydrogens is 901 g/mol. The number of hydrogen-bond donors (Lipinski definition) is 1. The minimum atomic E-state index is -3.26. The number of ether oxygens (including phenoxy) is 3. The number of phenols is 1. The van der Waals surface area contributed by atoms with Gasteiger partial charge < -0.3 is 29.5 Å². The third-order valence-corrected chi connectivity index (χ3v) is 9.74. The molecule has 1 unspecified atom stereocenters. The summed E-state index contributed by atoms with van der Waals surface area (Å²) in [4.78, 5) is 8.87. The maximum absolute atomic E-state index is 14.0. The van der Waals surface area contributed by atoms with Crippen LogP contribution < -0.4 is 75.7 Å². The van der Waals surface area contributed by atoms with Gasteiger partial charge in [0.05, 0.1) is 32.7 Å². The molecule has 1 N–H and O–H groups in total. The van der Waals surface area contributed by atoms with Crippen LogP contribution in [0.2, 0.25) is 0 Å². The summed E-state index contributed by atoms with van der Waals surface area (Å²) < 4.78 is 107. The van der Waals surface area contributed by atoms with Gasteiger partial charge >= 0.3 is 123 Å². The third kappa shape index (κ3) is 29.0. The molecule has 0 bridgehead atoms. The predicted octanol–water partition coefficient (Wildman–Crippen LogP) is 4.86. The first-order valence-corrected chi connectivity index (χ1v) is 38.6. The van der Waals surface area contributed by atoms with E-state index < -0.39 is 47.4 Å². The molecule has 2 fully saturated rings. The van der Waals surface area contributed by atoms with E-state index >= 15 is 0 Å². The van der Waals surface area contributed by atoms with Crippen molar-refractivity contribution < 1.29 is 120 Å². The number of hydrogen-bond acceptors (Lipinski definition) is 11. The Bertz CT molecular complexity index is 1580. The summed E-state index contributed by atoms with van der Waals surface area (Å²) in [7, 11) is -6.42. The van der Waals surface area contributed by atoms with E-state index in [0.29, 0.717) is 50.1 Å². The number of aromatic hydroxyl groups is 1. The quantitative estimate of drug-likeness (QED) is 0.0337. The first kappa shape index (κ1) is 62.7. The summed E-state index contributed by atoms with van der Waals surface area (Å²) in [6.45, 7) is 13.1. The summed E-state index contributed by atoms with van der Waals surface area (Å²) in [5.41, 5.74) is 0. The van der Waals surface area contributed by atoms with Gasteiger partial charge in [0.25, 0.3) is 10.1 Å². The molecule has 2 aromatic carbocycles. The number of phenolic OH excluding ortho intramolecular Hbond substituents is 1. The Hall–Kier alpha value is 1.64. The van der Waals surface area contributed by atoms with E-state index in [1.54, 1.807) is 0 Å². The van der Waals surface area contributed by atoms with E-state index in [4.69, 9.17) is 38.2 Å². The second kappa shape index (κ2) is 37.8. The van der Waals surface area contributed by atoms with E-state index in [1.165, 1.54) is 81.4 Å². The van der Waals surface area contributed by atoms with Crippen molar-refractivity contribution in [2.75, 3.05) is 32.7 Å². The van der Waals surface area contributed by atoms with Gasteiger partial charge in [0, 0.05) is 0 Å². The van der Waals surface area contributed by atoms with Crippen LogP contribution in [-0.4, -0.2) is 109 Å². The molecule has 320 valence electrons. The molecule has 59 heavy (non-hydrogen) atoms. The summed E-state index contributed by atoms with van der Waals surface area (Å²) in [5.74, 6) is -3.27. The number of allylic oxidation sites excluding steroid dienone is 2. The Morgan fingerprint density at radius 2 is 1.10 bits per heavy atom. The van der Waals surface area contributed by atoms with Crippen LogP contribution in [0.5, 0.6) is 23.0 Å². The zero-order chi connectivity index (χ0) is 44.1. The number of halogens is 4. The first-order valence-electron chi connectivity index (χ1n) is 19.7. The van der Waals surface area contributed by atoms with E-state index in [1.807, 2.05) is 26.0 Å². The standard InChI is InChI=1S/C19H26F2O2.C10H12F2O2.C10H18O3S.3K.HO4P/c1-3-5-12-22-16-10-11-17(19(21)18(16)20)23-13-15-8-6-14(4-2)7-9-15;1-2-3-6-14-8-5-4-7(13)9(11)10(8)12;1-3-9-4-6-10(7-5-9)8-13-14(2,11)12;;;;1-4-5(2)3/h4,10-11,14-15H,2-3,5-9,12-13H2,1H3;4-5,13H,2-3,6H2,1H3;3,9-10H,1,4-8H2,2H3;;;;1H/q;;;;;+1;/p-1. The molecule has 0 aromatic heterocycles. The van der Waals surface area contributed by atoms with Crippen molar-refractivity contribution in [1.82, 2.24) is 0 Å². The normalized spacial score (nSPS) is 18.5. The number of unbranched alkanes of at least 4 members (excludes halogenated alkanes) is 2. The zero-order valence-electron chi connectivity index (χ0n) is 35.4. The van der Waals surface area contributed by atoms with Crippen molar-refractivity contribution in [2.45, 2.75) is 90.9 Å². The second-order valence-electron chi connectivity index (χ2n) is 13.4. The molecule has 0 spiro atoms. The summed E-state index contributed by atoms with van der Waals surface area (Å²) in [5, 5.41) is 17.4. The topological polar surface area (TPSA) is 164 Å². The van der Waals surface area contributed by atoms with Crippen LogP contribution in [0.1, 0.15) is 90.9 Å². The Kier molecular flexibility index (Phi) is 40.2. The minimum absolute atomic E-state index is 0. The van der Waals surface area contributed by atoms with Crippen LogP contribution in [0.3, 0.4) is 0 Å². The summed E-state index contributed by atoms with van der Waals surface area (Å²) in [6, 6.07) is 5.18. The van der Waals surface area contributed by atoms with Crippen molar-refractivity contribution in [3.63, 3.8) is 0 Å². The van der Waals surface area contributed by atoms with Crippen molar-refractivity contribution in [2.24, 2.45) is 23.7 Å². The predicted molar refractivity (Wildman–Crippen MR) is 213 cm³/mol. The molecule has 2 aliphatic rings.